The van der Waals surface area contributed by atoms with Crippen molar-refractivity contribution in [2.75, 3.05) is 6.54 Å². The molecule has 0 amide bonds. The second-order valence-electron chi connectivity index (χ2n) is 1.83. The summed E-state index contributed by atoms with van der Waals surface area (Å²) in [6, 6.07) is 4.07. The van der Waals surface area contributed by atoms with E-state index in [9.17, 15) is 0 Å². The van der Waals surface area contributed by atoms with Crippen LogP contribution in [0.1, 0.15) is 13.3 Å². The molecule has 0 bridgehead atoms. The van der Waals surface area contributed by atoms with Gasteiger partial charge in [-0.15, -0.1) is 11.3 Å². The van der Waals surface area contributed by atoms with Crippen LogP contribution in [0, 0.1) is 0 Å². The summed E-state index contributed by atoms with van der Waals surface area (Å²) in [5.41, 5.74) is 0. The van der Waals surface area contributed by atoms with Crippen molar-refractivity contribution in [3.8, 4) is 0 Å². The highest BCUT2D eigenvalue weighted by Gasteiger charge is 1.89. The van der Waals surface area contributed by atoms with Gasteiger partial charge in [0.05, 0.1) is 0 Å². The fourth-order valence-electron chi connectivity index (χ4n) is 0.582. The van der Waals surface area contributed by atoms with Crippen molar-refractivity contribution in [3.63, 3.8) is 0 Å². The smallest absolute Gasteiger partial charge is 0.110 e. The maximum absolute atomic E-state index is 4.30. The molecule has 9 heavy (non-hydrogen) atoms. The Bertz CT molecular complexity index is 146. The molecule has 0 aliphatic rings. The lowest BCUT2D eigenvalue weighted by Gasteiger charge is -1.92. The summed E-state index contributed by atoms with van der Waals surface area (Å²) in [4.78, 5) is 0. The molecule has 2 heteroatoms. The molecule has 0 aliphatic carbocycles. The first-order chi connectivity index (χ1) is 4.43. The highest BCUT2D eigenvalue weighted by molar-refractivity contribution is 7.13. The van der Waals surface area contributed by atoms with Gasteiger partial charge in [0.1, 0.15) is 5.00 Å². The van der Waals surface area contributed by atoms with Crippen LogP contribution in [-0.4, -0.2) is 6.54 Å². The van der Waals surface area contributed by atoms with Crippen molar-refractivity contribution >= 4 is 16.3 Å². The molecule has 1 heterocycles. The summed E-state index contributed by atoms with van der Waals surface area (Å²) in [5.74, 6) is 0. The summed E-state index contributed by atoms with van der Waals surface area (Å²) >= 11 is 1.70. The van der Waals surface area contributed by atoms with Gasteiger partial charge in [-0.3, -0.25) is 5.32 Å². The van der Waals surface area contributed by atoms with Gasteiger partial charge in [-0.05, 0) is 23.9 Å². The maximum Gasteiger partial charge on any atom is 0.110 e. The molecule has 0 N–H and O–H groups in total. The van der Waals surface area contributed by atoms with Gasteiger partial charge in [-0.1, -0.05) is 6.92 Å². The molecule has 0 saturated carbocycles. The van der Waals surface area contributed by atoms with Crippen molar-refractivity contribution in [3.05, 3.63) is 17.5 Å². The SMILES string of the molecule is CCC[N]c1cccs1. The van der Waals surface area contributed by atoms with E-state index in [1.807, 2.05) is 12.1 Å². The van der Waals surface area contributed by atoms with Crippen molar-refractivity contribution in [2.24, 2.45) is 0 Å². The largest absolute Gasteiger partial charge is 0.275 e. The van der Waals surface area contributed by atoms with E-state index in [2.05, 4.69) is 17.6 Å². The summed E-state index contributed by atoms with van der Waals surface area (Å²) < 4.78 is 0. The monoisotopic (exact) mass is 140 g/mol. The molecule has 1 aromatic rings. The van der Waals surface area contributed by atoms with E-state index in [0.717, 1.165) is 18.0 Å². The highest BCUT2D eigenvalue weighted by Crippen LogP contribution is 2.14. The predicted molar refractivity (Wildman–Crippen MR) is 41.3 cm³/mol. The molecule has 1 rings (SSSR count). The van der Waals surface area contributed by atoms with Gasteiger partial charge >= 0.3 is 0 Å². The van der Waals surface area contributed by atoms with E-state index >= 15 is 0 Å². The Hall–Kier alpha value is -0.500. The van der Waals surface area contributed by atoms with Gasteiger partial charge in [0.2, 0.25) is 0 Å². The molecule has 1 nitrogen and oxygen atoms in total. The van der Waals surface area contributed by atoms with Crippen LogP contribution in [-0.2, 0) is 0 Å². The number of nitrogens with zero attached hydrogens (tertiary/aromatic N) is 1. The minimum atomic E-state index is 0.959. The third-order valence-electron chi connectivity index (χ3n) is 0.997. The first-order valence-corrected chi connectivity index (χ1v) is 4.02. The lowest BCUT2D eigenvalue weighted by atomic mass is 10.5. The standard InChI is InChI=1S/C7H10NS/c1-2-5-8-7-4-3-6-9-7/h3-4,6H,2,5H2,1H3. The Morgan fingerprint density at radius 1 is 1.67 bits per heavy atom. The lowest BCUT2D eigenvalue weighted by molar-refractivity contribution is 0.813. The summed E-state index contributed by atoms with van der Waals surface area (Å²) in [5, 5.41) is 7.50. The van der Waals surface area contributed by atoms with Crippen LogP contribution in [0.25, 0.3) is 0 Å². The first-order valence-electron chi connectivity index (χ1n) is 3.14. The fraction of sp³-hybridized carbons (Fsp3) is 0.429. The molecule has 1 radical (unpaired) electrons. The number of thiophene rings is 1. The summed E-state index contributed by atoms with van der Waals surface area (Å²) in [6.45, 7) is 3.09. The molecule has 49 valence electrons. The van der Waals surface area contributed by atoms with E-state index < -0.39 is 0 Å². The van der Waals surface area contributed by atoms with Crippen molar-refractivity contribution in [2.45, 2.75) is 13.3 Å². The Morgan fingerprint density at radius 2 is 2.56 bits per heavy atom. The number of hydrogen-bond acceptors (Lipinski definition) is 1. The zero-order valence-electron chi connectivity index (χ0n) is 5.50. The molecule has 0 unspecified atom stereocenters. The Morgan fingerprint density at radius 3 is 3.11 bits per heavy atom. The molecule has 0 fully saturated rings. The minimum absolute atomic E-state index is 0.959. The van der Waals surface area contributed by atoms with Crippen LogP contribution in [0.5, 0.6) is 0 Å². The van der Waals surface area contributed by atoms with Gasteiger partial charge in [-0.2, -0.15) is 0 Å². The summed E-state index contributed by atoms with van der Waals surface area (Å²) in [6.07, 6.45) is 1.14. The van der Waals surface area contributed by atoms with Gasteiger partial charge in [0, 0.05) is 6.54 Å². The molecule has 0 spiro atoms. The van der Waals surface area contributed by atoms with Crippen LogP contribution >= 0.6 is 11.3 Å². The van der Waals surface area contributed by atoms with Crippen LogP contribution < -0.4 is 5.32 Å². The third-order valence-corrected chi connectivity index (χ3v) is 1.80. The molecule has 1 aromatic heterocycles. The van der Waals surface area contributed by atoms with Crippen LogP contribution in [0.2, 0.25) is 0 Å². The molecule has 0 aromatic carbocycles. The minimum Gasteiger partial charge on any atom is -0.275 e. The van der Waals surface area contributed by atoms with Crippen LogP contribution in [0.15, 0.2) is 17.5 Å². The van der Waals surface area contributed by atoms with Gasteiger partial charge in [-0.25, -0.2) is 0 Å². The first kappa shape index (κ1) is 6.62. The fourth-order valence-corrected chi connectivity index (χ4v) is 1.20. The molecular weight excluding hydrogens is 130 g/mol. The normalized spacial score (nSPS) is 9.44. The number of hydrogen-bond donors (Lipinski definition) is 0. The second-order valence-corrected chi connectivity index (χ2v) is 2.76. The quantitative estimate of drug-likeness (QED) is 0.612. The van der Waals surface area contributed by atoms with Gasteiger partial charge < -0.3 is 0 Å². The summed E-state index contributed by atoms with van der Waals surface area (Å²) in [7, 11) is 0. The van der Waals surface area contributed by atoms with E-state index in [4.69, 9.17) is 0 Å². The van der Waals surface area contributed by atoms with E-state index in [0.29, 0.717) is 0 Å². The number of rotatable bonds is 3. The highest BCUT2D eigenvalue weighted by atomic mass is 32.1. The molecule has 0 atom stereocenters. The molecule has 0 aliphatic heterocycles. The van der Waals surface area contributed by atoms with Crippen LogP contribution in [0.3, 0.4) is 0 Å². The zero-order valence-corrected chi connectivity index (χ0v) is 6.32. The average molecular weight is 140 g/mol. The van der Waals surface area contributed by atoms with Crippen molar-refractivity contribution in [1.82, 2.24) is 5.32 Å². The van der Waals surface area contributed by atoms with E-state index in [-0.39, 0.29) is 0 Å². The van der Waals surface area contributed by atoms with Crippen molar-refractivity contribution < 1.29 is 0 Å². The van der Waals surface area contributed by atoms with E-state index in [1.165, 1.54) is 0 Å². The third kappa shape index (κ3) is 2.06. The molecular formula is C7H10NS. The van der Waals surface area contributed by atoms with Crippen LogP contribution in [0.4, 0.5) is 5.00 Å². The Kier molecular flexibility index (Phi) is 2.58. The Balaban J connectivity index is 2.30. The maximum atomic E-state index is 4.30. The zero-order chi connectivity index (χ0) is 6.53. The predicted octanol–water partition coefficient (Wildman–Crippen LogP) is 2.39. The lowest BCUT2D eigenvalue weighted by Crippen LogP contribution is -1.94. The topological polar surface area (TPSA) is 14.1 Å². The molecule has 0 saturated heterocycles. The van der Waals surface area contributed by atoms with Gasteiger partial charge in [0.25, 0.3) is 0 Å². The Labute approximate surface area is 59.7 Å². The second kappa shape index (κ2) is 3.51. The average Bonchev–Trinajstić information content (AvgIpc) is 2.34. The van der Waals surface area contributed by atoms with Crippen molar-refractivity contribution in [1.29, 1.82) is 0 Å². The van der Waals surface area contributed by atoms with Gasteiger partial charge in [0.15, 0.2) is 0 Å². The van der Waals surface area contributed by atoms with E-state index in [1.54, 1.807) is 11.3 Å².